The van der Waals surface area contributed by atoms with Gasteiger partial charge in [0.05, 0.1) is 12.4 Å². The second kappa shape index (κ2) is 3.30. The van der Waals surface area contributed by atoms with Crippen LogP contribution in [0.4, 0.5) is 0 Å². The Kier molecular flexibility index (Phi) is 2.37. The third-order valence-corrected chi connectivity index (χ3v) is 1.56. The minimum atomic E-state index is 1.11. The van der Waals surface area contributed by atoms with E-state index >= 15 is 0 Å². The quantitative estimate of drug-likeness (QED) is 0.618. The maximum atomic E-state index is 3.81. The summed E-state index contributed by atoms with van der Waals surface area (Å²) in [6.45, 7) is 4.24. The van der Waals surface area contributed by atoms with E-state index < -0.39 is 0 Å². The van der Waals surface area contributed by atoms with Crippen molar-refractivity contribution in [1.82, 2.24) is 10.2 Å². The van der Waals surface area contributed by atoms with Crippen molar-refractivity contribution in [3.8, 4) is 0 Å². The molecule has 2 heteroatoms. The summed E-state index contributed by atoms with van der Waals surface area (Å²) < 4.78 is 0. The van der Waals surface area contributed by atoms with Crippen LogP contribution in [-0.4, -0.2) is 10.2 Å². The zero-order chi connectivity index (χ0) is 7.40. The van der Waals surface area contributed by atoms with E-state index in [1.807, 2.05) is 12.4 Å². The molecule has 0 spiro atoms. The number of aryl methyl sites for hydroxylation is 2. The molecular formula is C8H12N2. The topological polar surface area (TPSA) is 25.8 Å². The molecule has 1 aromatic heterocycles. The summed E-state index contributed by atoms with van der Waals surface area (Å²) >= 11 is 0. The summed E-state index contributed by atoms with van der Waals surface area (Å²) in [5, 5.41) is 7.59. The Labute approximate surface area is 61.3 Å². The van der Waals surface area contributed by atoms with Gasteiger partial charge in [-0.2, -0.15) is 10.2 Å². The second-order valence-electron chi connectivity index (χ2n) is 2.45. The molecule has 1 rings (SSSR count). The molecule has 1 heterocycles. The first-order valence-corrected chi connectivity index (χ1v) is 3.60. The molecule has 10 heavy (non-hydrogen) atoms. The second-order valence-corrected chi connectivity index (χ2v) is 2.45. The van der Waals surface area contributed by atoms with Gasteiger partial charge in [0.2, 0.25) is 0 Å². The first kappa shape index (κ1) is 7.19. The zero-order valence-electron chi connectivity index (χ0n) is 6.46. The van der Waals surface area contributed by atoms with E-state index in [-0.39, 0.29) is 0 Å². The van der Waals surface area contributed by atoms with Gasteiger partial charge in [-0.1, -0.05) is 13.3 Å². The minimum absolute atomic E-state index is 1.11. The van der Waals surface area contributed by atoms with Crippen molar-refractivity contribution >= 4 is 0 Å². The molecule has 0 N–H and O–H groups in total. The fourth-order valence-corrected chi connectivity index (χ4v) is 0.939. The summed E-state index contributed by atoms with van der Waals surface area (Å²) in [5.41, 5.74) is 2.56. The number of rotatable bonds is 2. The Bertz CT molecular complexity index is 208. The lowest BCUT2D eigenvalue weighted by molar-refractivity contribution is 0.878. The van der Waals surface area contributed by atoms with E-state index in [0.29, 0.717) is 0 Å². The molecule has 0 aliphatic heterocycles. The molecule has 0 unspecified atom stereocenters. The maximum Gasteiger partial charge on any atom is 0.0530 e. The third kappa shape index (κ3) is 1.53. The molecule has 0 radical (unpaired) electrons. The molecule has 1 aromatic rings. The van der Waals surface area contributed by atoms with E-state index in [9.17, 15) is 0 Å². The molecule has 0 amide bonds. The van der Waals surface area contributed by atoms with Crippen molar-refractivity contribution in [2.45, 2.75) is 26.7 Å². The van der Waals surface area contributed by atoms with Crippen LogP contribution < -0.4 is 0 Å². The molecule has 54 valence electrons. The van der Waals surface area contributed by atoms with Crippen molar-refractivity contribution in [3.63, 3.8) is 0 Å². The maximum absolute atomic E-state index is 3.81. The number of hydrogen-bond acceptors (Lipinski definition) is 2. The molecule has 0 aliphatic rings. The first-order valence-electron chi connectivity index (χ1n) is 3.60. The van der Waals surface area contributed by atoms with E-state index in [1.165, 1.54) is 17.5 Å². The fourth-order valence-electron chi connectivity index (χ4n) is 0.939. The zero-order valence-corrected chi connectivity index (χ0v) is 6.46. The summed E-state index contributed by atoms with van der Waals surface area (Å²) in [5.74, 6) is 0. The highest BCUT2D eigenvalue weighted by atomic mass is 15.1. The van der Waals surface area contributed by atoms with E-state index in [1.54, 1.807) is 0 Å². The third-order valence-electron chi connectivity index (χ3n) is 1.56. The number of aromatic nitrogens is 2. The predicted molar refractivity (Wildman–Crippen MR) is 40.8 cm³/mol. The van der Waals surface area contributed by atoms with Crippen LogP contribution in [0.5, 0.6) is 0 Å². The Morgan fingerprint density at radius 2 is 2.00 bits per heavy atom. The molecule has 0 atom stereocenters. The summed E-state index contributed by atoms with van der Waals surface area (Å²) in [7, 11) is 0. The Morgan fingerprint density at radius 3 is 2.60 bits per heavy atom. The van der Waals surface area contributed by atoms with Crippen LogP contribution in [0.25, 0.3) is 0 Å². The van der Waals surface area contributed by atoms with Crippen LogP contribution in [0, 0.1) is 6.92 Å². The minimum Gasteiger partial charge on any atom is -0.159 e. The fraction of sp³-hybridized carbons (Fsp3) is 0.500. The van der Waals surface area contributed by atoms with Crippen LogP contribution in [0.3, 0.4) is 0 Å². The molecule has 2 nitrogen and oxygen atoms in total. The van der Waals surface area contributed by atoms with Gasteiger partial charge in [-0.15, -0.1) is 0 Å². The van der Waals surface area contributed by atoms with Crippen molar-refractivity contribution in [2.75, 3.05) is 0 Å². The SMILES string of the molecule is CCCc1cnncc1C. The number of nitrogens with zero attached hydrogens (tertiary/aromatic N) is 2. The monoisotopic (exact) mass is 136 g/mol. The van der Waals surface area contributed by atoms with E-state index in [0.717, 1.165) is 6.42 Å². The standard InChI is InChI=1S/C8H12N2/c1-3-4-8-6-10-9-5-7(8)2/h5-6H,3-4H2,1-2H3. The van der Waals surface area contributed by atoms with Crippen molar-refractivity contribution in [3.05, 3.63) is 23.5 Å². The number of hydrogen-bond donors (Lipinski definition) is 0. The lowest BCUT2D eigenvalue weighted by Gasteiger charge is -1.99. The van der Waals surface area contributed by atoms with Crippen LogP contribution in [0.15, 0.2) is 12.4 Å². The van der Waals surface area contributed by atoms with Crippen LogP contribution in [-0.2, 0) is 6.42 Å². The van der Waals surface area contributed by atoms with Gasteiger partial charge in [0, 0.05) is 0 Å². The van der Waals surface area contributed by atoms with Crippen LogP contribution in [0.2, 0.25) is 0 Å². The predicted octanol–water partition coefficient (Wildman–Crippen LogP) is 1.74. The highest BCUT2D eigenvalue weighted by Crippen LogP contribution is 2.05. The van der Waals surface area contributed by atoms with Gasteiger partial charge in [-0.25, -0.2) is 0 Å². The van der Waals surface area contributed by atoms with Gasteiger partial charge in [0.15, 0.2) is 0 Å². The molecular weight excluding hydrogens is 124 g/mol. The van der Waals surface area contributed by atoms with Gasteiger partial charge < -0.3 is 0 Å². The van der Waals surface area contributed by atoms with Crippen LogP contribution in [0.1, 0.15) is 24.5 Å². The lowest BCUT2D eigenvalue weighted by Crippen LogP contribution is -1.91. The molecule has 0 aliphatic carbocycles. The van der Waals surface area contributed by atoms with E-state index in [4.69, 9.17) is 0 Å². The average Bonchev–Trinajstić information content (AvgIpc) is 1.94. The largest absolute Gasteiger partial charge is 0.159 e. The normalized spacial score (nSPS) is 9.80. The van der Waals surface area contributed by atoms with Crippen LogP contribution >= 0.6 is 0 Å². The van der Waals surface area contributed by atoms with Gasteiger partial charge in [-0.3, -0.25) is 0 Å². The summed E-state index contributed by atoms with van der Waals surface area (Å²) in [4.78, 5) is 0. The Balaban J connectivity index is 2.81. The highest BCUT2D eigenvalue weighted by molar-refractivity contribution is 5.18. The van der Waals surface area contributed by atoms with Gasteiger partial charge >= 0.3 is 0 Å². The van der Waals surface area contributed by atoms with E-state index in [2.05, 4.69) is 24.0 Å². The lowest BCUT2D eigenvalue weighted by atomic mass is 10.1. The summed E-state index contributed by atoms with van der Waals surface area (Å²) in [6, 6.07) is 0. The molecule has 0 saturated heterocycles. The molecule has 0 saturated carbocycles. The molecule has 0 fully saturated rings. The van der Waals surface area contributed by atoms with Crippen molar-refractivity contribution in [2.24, 2.45) is 0 Å². The Morgan fingerprint density at radius 1 is 1.30 bits per heavy atom. The smallest absolute Gasteiger partial charge is 0.0530 e. The first-order chi connectivity index (χ1) is 4.84. The van der Waals surface area contributed by atoms with Gasteiger partial charge in [0.1, 0.15) is 0 Å². The van der Waals surface area contributed by atoms with Crippen molar-refractivity contribution in [1.29, 1.82) is 0 Å². The van der Waals surface area contributed by atoms with Crippen molar-refractivity contribution < 1.29 is 0 Å². The molecule has 0 bridgehead atoms. The average molecular weight is 136 g/mol. The van der Waals surface area contributed by atoms with Gasteiger partial charge in [-0.05, 0) is 24.5 Å². The highest BCUT2D eigenvalue weighted by Gasteiger charge is 1.94. The molecule has 0 aromatic carbocycles. The van der Waals surface area contributed by atoms with Gasteiger partial charge in [0.25, 0.3) is 0 Å². The summed E-state index contributed by atoms with van der Waals surface area (Å²) in [6.07, 6.45) is 5.94. The Hall–Kier alpha value is -0.920.